The molecule has 1 aliphatic heterocycles. The fourth-order valence-electron chi connectivity index (χ4n) is 1.81. The van der Waals surface area contributed by atoms with Gasteiger partial charge in [-0.1, -0.05) is 26.2 Å². The highest BCUT2D eigenvalue weighted by Crippen LogP contribution is 2.34. The van der Waals surface area contributed by atoms with Gasteiger partial charge in [-0.15, -0.1) is 0 Å². The summed E-state index contributed by atoms with van der Waals surface area (Å²) in [6.45, 7) is 2.87. The Morgan fingerprint density at radius 3 is 2.00 bits per heavy atom. The van der Waals surface area contributed by atoms with Gasteiger partial charge in [0.2, 0.25) is 11.8 Å². The molecule has 0 aromatic rings. The number of carbonyl (C=O) groups excluding carboxylic acids is 2. The molecule has 1 saturated carbocycles. The van der Waals surface area contributed by atoms with Gasteiger partial charge in [0, 0.05) is 18.4 Å². The third-order valence-corrected chi connectivity index (χ3v) is 3.23. The molecule has 3 N–H and O–H groups in total. The Labute approximate surface area is 90.6 Å². The molecule has 1 heterocycles. The fourth-order valence-corrected chi connectivity index (χ4v) is 1.81. The summed E-state index contributed by atoms with van der Waals surface area (Å²) in [6, 6.07) is 0. The lowest BCUT2D eigenvalue weighted by atomic mass is 9.75. The summed E-state index contributed by atoms with van der Waals surface area (Å²) in [7, 11) is 0. The van der Waals surface area contributed by atoms with Gasteiger partial charge in [0.15, 0.2) is 0 Å². The maximum atomic E-state index is 10.9. The van der Waals surface area contributed by atoms with Gasteiger partial charge < -0.3 is 11.1 Å². The Morgan fingerprint density at radius 2 is 1.80 bits per heavy atom. The molecule has 0 atom stereocenters. The lowest BCUT2D eigenvalue weighted by molar-refractivity contribution is -0.128. The first-order valence-corrected chi connectivity index (χ1v) is 5.61. The van der Waals surface area contributed by atoms with E-state index in [4.69, 9.17) is 5.73 Å². The van der Waals surface area contributed by atoms with Gasteiger partial charge >= 0.3 is 0 Å². The third kappa shape index (κ3) is 3.53. The smallest absolute Gasteiger partial charge is 0.223 e. The number of hydrogen-bond donors (Lipinski definition) is 2. The topological polar surface area (TPSA) is 72.2 Å². The van der Waals surface area contributed by atoms with Gasteiger partial charge in [-0.05, 0) is 12.8 Å². The second-order valence-corrected chi connectivity index (χ2v) is 4.59. The van der Waals surface area contributed by atoms with Crippen molar-refractivity contribution in [3.05, 3.63) is 0 Å². The second kappa shape index (κ2) is 5.14. The number of amides is 2. The number of carbonyl (C=O) groups is 2. The van der Waals surface area contributed by atoms with E-state index in [9.17, 15) is 9.59 Å². The minimum Gasteiger partial charge on any atom is -0.369 e. The molecule has 1 saturated heterocycles. The quantitative estimate of drug-likeness (QED) is 0.635. The third-order valence-electron chi connectivity index (χ3n) is 3.23. The number of nitrogens with one attached hydrogen (secondary N) is 1. The highest BCUT2D eigenvalue weighted by Gasteiger charge is 2.32. The summed E-state index contributed by atoms with van der Waals surface area (Å²) in [5.74, 6) is 0.0669. The summed E-state index contributed by atoms with van der Waals surface area (Å²) < 4.78 is 0. The van der Waals surface area contributed by atoms with Crippen LogP contribution in [0.2, 0.25) is 0 Å². The zero-order chi connectivity index (χ0) is 11.3. The largest absolute Gasteiger partial charge is 0.369 e. The van der Waals surface area contributed by atoms with E-state index in [2.05, 4.69) is 5.32 Å². The molecule has 4 heteroatoms. The van der Waals surface area contributed by atoms with Crippen LogP contribution >= 0.6 is 0 Å². The molecule has 2 fully saturated rings. The van der Waals surface area contributed by atoms with Crippen molar-refractivity contribution in [1.29, 1.82) is 0 Å². The van der Waals surface area contributed by atoms with Crippen LogP contribution in [0.25, 0.3) is 0 Å². The molecule has 0 spiro atoms. The van der Waals surface area contributed by atoms with E-state index in [-0.39, 0.29) is 17.2 Å². The van der Waals surface area contributed by atoms with Crippen molar-refractivity contribution in [3.8, 4) is 0 Å². The first-order chi connectivity index (χ1) is 7.04. The monoisotopic (exact) mass is 212 g/mol. The molecular formula is C11H20N2O2. The van der Waals surface area contributed by atoms with Crippen molar-refractivity contribution in [1.82, 2.24) is 5.32 Å². The molecule has 0 aromatic heterocycles. The molecular weight excluding hydrogens is 192 g/mol. The van der Waals surface area contributed by atoms with Crippen molar-refractivity contribution >= 4 is 11.8 Å². The zero-order valence-electron chi connectivity index (χ0n) is 9.34. The average Bonchev–Trinajstić information content (AvgIpc) is 2.17. The maximum Gasteiger partial charge on any atom is 0.223 e. The van der Waals surface area contributed by atoms with Crippen LogP contribution in [-0.2, 0) is 9.59 Å². The standard InChI is InChI=1S/C8H15NO.C3H5NO/c1-8(7(9)10)5-3-2-4-6-8;5-3-1-2-4-3/h2-6H2,1H3,(H2,9,10);1-2H2,(H,4,5). The van der Waals surface area contributed by atoms with Gasteiger partial charge in [-0.3, -0.25) is 9.59 Å². The van der Waals surface area contributed by atoms with Gasteiger partial charge in [0.05, 0.1) is 0 Å². The first kappa shape index (κ1) is 12.0. The molecule has 0 radical (unpaired) electrons. The molecule has 86 valence electrons. The minimum absolute atomic E-state index is 0.118. The molecule has 2 rings (SSSR count). The summed E-state index contributed by atoms with van der Waals surface area (Å²) >= 11 is 0. The highest BCUT2D eigenvalue weighted by molar-refractivity contribution is 5.81. The second-order valence-electron chi connectivity index (χ2n) is 4.59. The Balaban J connectivity index is 0.000000187. The van der Waals surface area contributed by atoms with Crippen LogP contribution in [0.4, 0.5) is 0 Å². The zero-order valence-corrected chi connectivity index (χ0v) is 9.34. The number of nitrogens with two attached hydrogens (primary N) is 1. The number of β-lactam (4-membered cyclic amide) rings is 1. The van der Waals surface area contributed by atoms with Crippen molar-refractivity contribution in [2.75, 3.05) is 6.54 Å². The van der Waals surface area contributed by atoms with E-state index in [1.165, 1.54) is 19.3 Å². The Morgan fingerprint density at radius 1 is 1.33 bits per heavy atom. The van der Waals surface area contributed by atoms with Crippen molar-refractivity contribution < 1.29 is 9.59 Å². The van der Waals surface area contributed by atoms with Gasteiger partial charge in [0.1, 0.15) is 0 Å². The molecule has 0 unspecified atom stereocenters. The van der Waals surface area contributed by atoms with Gasteiger partial charge in [0.25, 0.3) is 0 Å². The summed E-state index contributed by atoms with van der Waals surface area (Å²) in [5, 5.41) is 2.57. The summed E-state index contributed by atoms with van der Waals surface area (Å²) in [5.41, 5.74) is 5.08. The van der Waals surface area contributed by atoms with Crippen LogP contribution in [0.15, 0.2) is 0 Å². The van der Waals surface area contributed by atoms with Crippen molar-refractivity contribution in [2.24, 2.45) is 11.1 Å². The van der Waals surface area contributed by atoms with E-state index in [1.807, 2.05) is 6.92 Å². The molecule has 0 bridgehead atoms. The lowest BCUT2D eigenvalue weighted by Gasteiger charge is -2.29. The van der Waals surface area contributed by atoms with Crippen LogP contribution in [0, 0.1) is 5.41 Å². The van der Waals surface area contributed by atoms with Crippen LogP contribution in [0.3, 0.4) is 0 Å². The minimum atomic E-state index is -0.182. The molecule has 15 heavy (non-hydrogen) atoms. The van der Waals surface area contributed by atoms with E-state index in [1.54, 1.807) is 0 Å². The normalized spacial score (nSPS) is 22.9. The van der Waals surface area contributed by atoms with Crippen LogP contribution in [0.1, 0.15) is 45.4 Å². The Bertz CT molecular complexity index is 239. The van der Waals surface area contributed by atoms with Crippen molar-refractivity contribution in [2.45, 2.75) is 45.4 Å². The molecule has 1 aliphatic carbocycles. The number of rotatable bonds is 1. The van der Waals surface area contributed by atoms with E-state index in [0.29, 0.717) is 0 Å². The summed E-state index contributed by atoms with van der Waals surface area (Å²) in [6.07, 6.45) is 6.31. The maximum absolute atomic E-state index is 10.9. The predicted molar refractivity (Wildman–Crippen MR) is 58.0 cm³/mol. The average molecular weight is 212 g/mol. The molecule has 4 nitrogen and oxygen atoms in total. The number of hydrogen-bond acceptors (Lipinski definition) is 2. The molecule has 0 aromatic carbocycles. The lowest BCUT2D eigenvalue weighted by Crippen LogP contribution is -2.37. The van der Waals surface area contributed by atoms with E-state index in [0.717, 1.165) is 25.8 Å². The predicted octanol–water partition coefficient (Wildman–Crippen LogP) is 0.948. The molecule has 2 aliphatic rings. The van der Waals surface area contributed by atoms with E-state index < -0.39 is 0 Å². The Kier molecular flexibility index (Phi) is 4.12. The SMILES string of the molecule is CC1(C(N)=O)CCCCC1.O=C1CCN1. The summed E-state index contributed by atoms with van der Waals surface area (Å²) in [4.78, 5) is 20.7. The van der Waals surface area contributed by atoms with Gasteiger partial charge in [-0.25, -0.2) is 0 Å². The van der Waals surface area contributed by atoms with Crippen LogP contribution < -0.4 is 11.1 Å². The highest BCUT2D eigenvalue weighted by atomic mass is 16.2. The van der Waals surface area contributed by atoms with Gasteiger partial charge in [-0.2, -0.15) is 0 Å². The fraction of sp³-hybridized carbons (Fsp3) is 0.818. The van der Waals surface area contributed by atoms with E-state index >= 15 is 0 Å². The van der Waals surface area contributed by atoms with Crippen LogP contribution in [0.5, 0.6) is 0 Å². The first-order valence-electron chi connectivity index (χ1n) is 5.61. The Hall–Kier alpha value is -1.06. The van der Waals surface area contributed by atoms with Crippen molar-refractivity contribution in [3.63, 3.8) is 0 Å². The molecule has 2 amide bonds. The number of primary amides is 1. The van der Waals surface area contributed by atoms with Crippen LogP contribution in [-0.4, -0.2) is 18.4 Å².